The summed E-state index contributed by atoms with van der Waals surface area (Å²) in [5, 5.41) is 15.8. The molecule has 0 aromatic heterocycles. The number of hydrogen-bond acceptors (Lipinski definition) is 4. The van der Waals surface area contributed by atoms with E-state index < -0.39 is 5.41 Å². The number of nitrogens with one attached hydrogen (secondary N) is 2. The average Bonchev–Trinajstić information content (AvgIpc) is 2.54. The minimum absolute atomic E-state index is 0.0336. The third kappa shape index (κ3) is 3.81. The Morgan fingerprint density at radius 2 is 2.05 bits per heavy atom. The SMILES string of the molecule is COCC1(C(=O)N[C@H](CO)c2ccccc2)CCNCC1. The molecule has 0 aliphatic carbocycles. The Hall–Kier alpha value is -1.43. The molecule has 5 nitrogen and oxygen atoms in total. The van der Waals surface area contributed by atoms with E-state index in [0.29, 0.717) is 6.61 Å². The minimum atomic E-state index is -0.498. The summed E-state index contributed by atoms with van der Waals surface area (Å²) in [6.07, 6.45) is 1.50. The lowest BCUT2D eigenvalue weighted by atomic mass is 9.78. The van der Waals surface area contributed by atoms with Gasteiger partial charge in [0.15, 0.2) is 0 Å². The van der Waals surface area contributed by atoms with E-state index in [4.69, 9.17) is 4.74 Å². The summed E-state index contributed by atoms with van der Waals surface area (Å²) in [4.78, 5) is 12.7. The Bertz CT molecular complexity index is 439. The van der Waals surface area contributed by atoms with E-state index in [2.05, 4.69) is 10.6 Å². The minimum Gasteiger partial charge on any atom is -0.394 e. The molecule has 116 valence electrons. The standard InChI is InChI=1S/C16H24N2O3/c1-21-12-16(7-9-17-10-8-16)15(20)18-14(11-19)13-5-3-2-4-6-13/h2-6,14,17,19H,7-12H2,1H3,(H,18,20)/t14-/m1/s1. The number of piperidine rings is 1. The van der Waals surface area contributed by atoms with Gasteiger partial charge in [-0.15, -0.1) is 0 Å². The molecule has 0 spiro atoms. The summed E-state index contributed by atoms with van der Waals surface area (Å²) in [6.45, 7) is 1.92. The van der Waals surface area contributed by atoms with Crippen molar-refractivity contribution in [2.24, 2.45) is 5.41 Å². The number of methoxy groups -OCH3 is 1. The van der Waals surface area contributed by atoms with Crippen LogP contribution >= 0.6 is 0 Å². The van der Waals surface area contributed by atoms with Gasteiger partial charge in [0.1, 0.15) is 0 Å². The van der Waals surface area contributed by atoms with Gasteiger partial charge >= 0.3 is 0 Å². The van der Waals surface area contributed by atoms with Gasteiger partial charge in [0.25, 0.3) is 0 Å². The highest BCUT2D eigenvalue weighted by molar-refractivity contribution is 5.83. The van der Waals surface area contributed by atoms with Crippen LogP contribution in [0.2, 0.25) is 0 Å². The van der Waals surface area contributed by atoms with E-state index >= 15 is 0 Å². The van der Waals surface area contributed by atoms with Crippen molar-refractivity contribution in [1.29, 1.82) is 0 Å². The fourth-order valence-corrected chi connectivity index (χ4v) is 2.85. The van der Waals surface area contributed by atoms with E-state index in [9.17, 15) is 9.90 Å². The summed E-state index contributed by atoms with van der Waals surface area (Å²) >= 11 is 0. The molecule has 0 saturated carbocycles. The van der Waals surface area contributed by atoms with Crippen molar-refractivity contribution in [1.82, 2.24) is 10.6 Å². The van der Waals surface area contributed by atoms with Gasteiger partial charge < -0.3 is 20.5 Å². The van der Waals surface area contributed by atoms with Crippen molar-refractivity contribution in [2.75, 3.05) is 33.4 Å². The highest BCUT2D eigenvalue weighted by Gasteiger charge is 2.40. The first kappa shape index (κ1) is 15.9. The Kier molecular flexibility index (Phi) is 5.73. The Morgan fingerprint density at radius 1 is 1.38 bits per heavy atom. The van der Waals surface area contributed by atoms with Crippen molar-refractivity contribution in [3.05, 3.63) is 35.9 Å². The summed E-state index contributed by atoms with van der Waals surface area (Å²) in [5.74, 6) is -0.0336. The highest BCUT2D eigenvalue weighted by atomic mass is 16.5. The van der Waals surface area contributed by atoms with Crippen molar-refractivity contribution in [2.45, 2.75) is 18.9 Å². The molecule has 5 heteroatoms. The molecule has 1 aromatic rings. The van der Waals surface area contributed by atoms with E-state index in [-0.39, 0.29) is 18.6 Å². The lowest BCUT2D eigenvalue weighted by molar-refractivity contribution is -0.137. The molecular formula is C16H24N2O3. The Balaban J connectivity index is 2.10. The van der Waals surface area contributed by atoms with Crippen LogP contribution in [0.1, 0.15) is 24.4 Å². The van der Waals surface area contributed by atoms with Crippen LogP contribution in [0.25, 0.3) is 0 Å². The number of ether oxygens (including phenoxy) is 1. The molecule has 1 amide bonds. The van der Waals surface area contributed by atoms with Crippen molar-refractivity contribution >= 4 is 5.91 Å². The van der Waals surface area contributed by atoms with Crippen LogP contribution in [-0.4, -0.2) is 44.4 Å². The van der Waals surface area contributed by atoms with E-state index in [0.717, 1.165) is 31.5 Å². The molecule has 1 fully saturated rings. The van der Waals surface area contributed by atoms with Crippen LogP contribution in [0.5, 0.6) is 0 Å². The van der Waals surface area contributed by atoms with Gasteiger partial charge in [0.05, 0.1) is 24.7 Å². The van der Waals surface area contributed by atoms with Gasteiger partial charge in [-0.25, -0.2) is 0 Å². The maximum Gasteiger partial charge on any atom is 0.229 e. The van der Waals surface area contributed by atoms with Gasteiger partial charge in [-0.1, -0.05) is 30.3 Å². The third-order valence-electron chi connectivity index (χ3n) is 4.15. The zero-order valence-electron chi connectivity index (χ0n) is 12.5. The monoisotopic (exact) mass is 292 g/mol. The van der Waals surface area contributed by atoms with E-state index in [1.165, 1.54) is 0 Å². The maximum atomic E-state index is 12.7. The molecule has 1 aliphatic rings. The van der Waals surface area contributed by atoms with Crippen molar-refractivity contribution in [3.63, 3.8) is 0 Å². The lowest BCUT2D eigenvalue weighted by Crippen LogP contribution is -2.51. The molecule has 21 heavy (non-hydrogen) atoms. The van der Waals surface area contributed by atoms with Crippen LogP contribution in [0.15, 0.2) is 30.3 Å². The summed E-state index contributed by atoms with van der Waals surface area (Å²) in [6, 6.07) is 9.17. The molecule has 0 radical (unpaired) electrons. The molecule has 1 saturated heterocycles. The smallest absolute Gasteiger partial charge is 0.229 e. The number of rotatable bonds is 6. The summed E-state index contributed by atoms with van der Waals surface area (Å²) in [5.41, 5.74) is 0.414. The second kappa shape index (κ2) is 7.54. The van der Waals surface area contributed by atoms with Gasteiger partial charge in [0.2, 0.25) is 5.91 Å². The molecule has 1 heterocycles. The Morgan fingerprint density at radius 3 is 2.62 bits per heavy atom. The van der Waals surface area contributed by atoms with Crippen LogP contribution in [0.4, 0.5) is 0 Å². The summed E-state index contributed by atoms with van der Waals surface area (Å²) < 4.78 is 5.28. The number of carbonyl (C=O) groups is 1. The Labute approximate surface area is 125 Å². The molecule has 0 bridgehead atoms. The number of carbonyl (C=O) groups excluding carboxylic acids is 1. The second-order valence-electron chi connectivity index (χ2n) is 5.58. The van der Waals surface area contributed by atoms with Crippen LogP contribution in [-0.2, 0) is 9.53 Å². The first-order valence-electron chi connectivity index (χ1n) is 7.38. The first-order valence-corrected chi connectivity index (χ1v) is 7.38. The fourth-order valence-electron chi connectivity index (χ4n) is 2.85. The molecule has 3 N–H and O–H groups in total. The number of aliphatic hydroxyl groups is 1. The summed E-state index contributed by atoms with van der Waals surface area (Å²) in [7, 11) is 1.62. The topological polar surface area (TPSA) is 70.6 Å². The predicted octanol–water partition coefficient (Wildman–Crippen LogP) is 0.852. The quantitative estimate of drug-likeness (QED) is 0.727. The number of amides is 1. The van der Waals surface area contributed by atoms with Gasteiger partial charge in [-0.05, 0) is 31.5 Å². The average molecular weight is 292 g/mol. The van der Waals surface area contributed by atoms with Crippen molar-refractivity contribution in [3.8, 4) is 0 Å². The van der Waals surface area contributed by atoms with Gasteiger partial charge in [0, 0.05) is 7.11 Å². The first-order chi connectivity index (χ1) is 10.2. The molecule has 1 aliphatic heterocycles. The van der Waals surface area contributed by atoms with E-state index in [1.54, 1.807) is 7.11 Å². The molecule has 2 rings (SSSR count). The molecule has 1 atom stereocenters. The van der Waals surface area contributed by atoms with E-state index in [1.807, 2.05) is 30.3 Å². The van der Waals surface area contributed by atoms with Crippen molar-refractivity contribution < 1.29 is 14.6 Å². The largest absolute Gasteiger partial charge is 0.394 e. The number of aliphatic hydroxyl groups excluding tert-OH is 1. The number of hydrogen-bond donors (Lipinski definition) is 3. The predicted molar refractivity (Wildman–Crippen MR) is 80.8 cm³/mol. The third-order valence-corrected chi connectivity index (χ3v) is 4.15. The fraction of sp³-hybridized carbons (Fsp3) is 0.562. The van der Waals surface area contributed by atoms with Crippen LogP contribution in [0, 0.1) is 5.41 Å². The van der Waals surface area contributed by atoms with Crippen LogP contribution < -0.4 is 10.6 Å². The lowest BCUT2D eigenvalue weighted by Gasteiger charge is -2.36. The second-order valence-corrected chi connectivity index (χ2v) is 5.58. The maximum absolute atomic E-state index is 12.7. The number of benzene rings is 1. The molecular weight excluding hydrogens is 268 g/mol. The molecule has 1 aromatic carbocycles. The van der Waals surface area contributed by atoms with Gasteiger partial charge in [-0.2, -0.15) is 0 Å². The normalized spacial score (nSPS) is 19.0. The highest BCUT2D eigenvalue weighted by Crippen LogP contribution is 2.30. The zero-order chi connectivity index (χ0) is 15.1. The molecule has 0 unspecified atom stereocenters. The van der Waals surface area contributed by atoms with Crippen LogP contribution in [0.3, 0.4) is 0 Å². The van der Waals surface area contributed by atoms with Gasteiger partial charge in [-0.3, -0.25) is 4.79 Å². The zero-order valence-corrected chi connectivity index (χ0v) is 12.5.